The molecule has 122 valence electrons. The van der Waals surface area contributed by atoms with Gasteiger partial charge in [-0.1, -0.05) is 26.0 Å². The summed E-state index contributed by atoms with van der Waals surface area (Å²) in [5.41, 5.74) is 3.93. The maximum Gasteiger partial charge on any atom is 0.0485 e. The van der Waals surface area contributed by atoms with Crippen LogP contribution in [0.25, 0.3) is 10.9 Å². The van der Waals surface area contributed by atoms with Crippen molar-refractivity contribution in [1.29, 1.82) is 0 Å². The Hall–Kier alpha value is -1.32. The minimum atomic E-state index is 0.254. The topological polar surface area (TPSA) is 34.4 Å². The average Bonchev–Trinajstić information content (AvgIpc) is 2.81. The van der Waals surface area contributed by atoms with Gasteiger partial charge in [0.05, 0.1) is 0 Å². The molecule has 0 fully saturated rings. The molecule has 2 rings (SSSR count). The zero-order valence-corrected chi connectivity index (χ0v) is 14.3. The van der Waals surface area contributed by atoms with Crippen LogP contribution in [0.2, 0.25) is 0 Å². The number of hydrogen-bond donors (Lipinski definition) is 1. The van der Waals surface area contributed by atoms with Gasteiger partial charge in [-0.15, -0.1) is 0 Å². The lowest BCUT2D eigenvalue weighted by Crippen LogP contribution is -2.16. The van der Waals surface area contributed by atoms with E-state index in [0.717, 1.165) is 26.0 Å². The number of aliphatic hydroxyl groups is 1. The molecule has 0 bridgehead atoms. The Labute approximate surface area is 133 Å². The predicted octanol–water partition coefficient (Wildman–Crippen LogP) is 3.79. The van der Waals surface area contributed by atoms with E-state index in [9.17, 15) is 5.11 Å². The summed E-state index contributed by atoms with van der Waals surface area (Å²) in [4.78, 5) is 0. The molecule has 3 heteroatoms. The largest absolute Gasteiger partial charge is 0.396 e. The standard InChI is InChI=1S/C19H29NO2/c1-14(2)17(13-21)10-16-6-7-18-15(3)12-20(19(18)11-16)8-5-9-22-4/h6-7,11-12,14,17,21H,5,8-10,13H2,1-4H3/t17-/m0/s1. The van der Waals surface area contributed by atoms with Gasteiger partial charge in [-0.05, 0) is 48.8 Å². The zero-order chi connectivity index (χ0) is 16.1. The van der Waals surface area contributed by atoms with E-state index < -0.39 is 0 Å². The van der Waals surface area contributed by atoms with Gasteiger partial charge in [0.2, 0.25) is 0 Å². The zero-order valence-electron chi connectivity index (χ0n) is 14.3. The molecule has 0 saturated carbocycles. The van der Waals surface area contributed by atoms with E-state index in [1.807, 2.05) is 0 Å². The maximum absolute atomic E-state index is 9.55. The molecule has 1 aromatic carbocycles. The molecule has 2 aromatic rings. The second kappa shape index (κ2) is 7.80. The van der Waals surface area contributed by atoms with Gasteiger partial charge >= 0.3 is 0 Å². The molecule has 0 radical (unpaired) electrons. The Balaban J connectivity index is 2.25. The van der Waals surface area contributed by atoms with Gasteiger partial charge in [-0.25, -0.2) is 0 Å². The highest BCUT2D eigenvalue weighted by Crippen LogP contribution is 2.25. The normalized spacial score (nSPS) is 13.2. The molecule has 0 aliphatic rings. The number of aromatic nitrogens is 1. The molecule has 1 N–H and O–H groups in total. The van der Waals surface area contributed by atoms with Gasteiger partial charge in [0, 0.05) is 44.0 Å². The number of hydrogen-bond acceptors (Lipinski definition) is 2. The Morgan fingerprint density at radius 2 is 2.05 bits per heavy atom. The minimum Gasteiger partial charge on any atom is -0.396 e. The Morgan fingerprint density at radius 1 is 1.27 bits per heavy atom. The third kappa shape index (κ3) is 3.90. The molecule has 0 aliphatic carbocycles. The van der Waals surface area contributed by atoms with Crippen LogP contribution in [0.1, 0.15) is 31.4 Å². The van der Waals surface area contributed by atoms with E-state index in [-0.39, 0.29) is 6.61 Å². The van der Waals surface area contributed by atoms with Crippen molar-refractivity contribution in [3.63, 3.8) is 0 Å². The first-order valence-corrected chi connectivity index (χ1v) is 8.25. The van der Waals surface area contributed by atoms with Crippen molar-refractivity contribution >= 4 is 10.9 Å². The summed E-state index contributed by atoms with van der Waals surface area (Å²) < 4.78 is 7.49. The van der Waals surface area contributed by atoms with Gasteiger partial charge in [0.1, 0.15) is 0 Å². The number of rotatable bonds is 8. The Bertz CT molecular complexity index is 601. The lowest BCUT2D eigenvalue weighted by Gasteiger charge is -2.18. The van der Waals surface area contributed by atoms with Crippen molar-refractivity contribution in [1.82, 2.24) is 4.57 Å². The molecule has 22 heavy (non-hydrogen) atoms. The van der Waals surface area contributed by atoms with Crippen LogP contribution in [0.5, 0.6) is 0 Å². The second-order valence-electron chi connectivity index (χ2n) is 6.59. The second-order valence-corrected chi connectivity index (χ2v) is 6.59. The molecule has 1 atom stereocenters. The first-order chi connectivity index (χ1) is 10.6. The van der Waals surface area contributed by atoms with Crippen molar-refractivity contribution in [2.45, 2.75) is 40.2 Å². The SMILES string of the molecule is COCCCn1cc(C)c2ccc(C[C@@H](CO)C(C)C)cc21. The van der Waals surface area contributed by atoms with Gasteiger partial charge in [-0.3, -0.25) is 0 Å². The fraction of sp³-hybridized carbons (Fsp3) is 0.579. The lowest BCUT2D eigenvalue weighted by molar-refractivity contribution is 0.189. The van der Waals surface area contributed by atoms with Gasteiger partial charge in [0.25, 0.3) is 0 Å². The Morgan fingerprint density at radius 3 is 2.68 bits per heavy atom. The van der Waals surface area contributed by atoms with Crippen LogP contribution < -0.4 is 0 Å². The molecule has 0 saturated heterocycles. The van der Waals surface area contributed by atoms with E-state index in [2.05, 4.69) is 49.7 Å². The summed E-state index contributed by atoms with van der Waals surface area (Å²) in [5, 5.41) is 10.9. The summed E-state index contributed by atoms with van der Waals surface area (Å²) in [6, 6.07) is 6.72. The number of fused-ring (bicyclic) bond motifs is 1. The highest BCUT2D eigenvalue weighted by atomic mass is 16.5. The quantitative estimate of drug-likeness (QED) is 0.753. The number of aryl methyl sites for hydroxylation is 2. The van der Waals surface area contributed by atoms with E-state index >= 15 is 0 Å². The monoisotopic (exact) mass is 303 g/mol. The summed E-state index contributed by atoms with van der Waals surface area (Å²) in [7, 11) is 1.75. The molecule has 0 amide bonds. The average molecular weight is 303 g/mol. The molecule has 1 aromatic heterocycles. The number of aliphatic hydroxyl groups excluding tert-OH is 1. The van der Waals surface area contributed by atoms with E-state index in [0.29, 0.717) is 11.8 Å². The van der Waals surface area contributed by atoms with E-state index in [1.54, 1.807) is 7.11 Å². The van der Waals surface area contributed by atoms with Gasteiger partial charge < -0.3 is 14.4 Å². The number of nitrogens with zero attached hydrogens (tertiary/aromatic N) is 1. The van der Waals surface area contributed by atoms with Gasteiger partial charge in [-0.2, -0.15) is 0 Å². The molecule has 0 spiro atoms. The highest BCUT2D eigenvalue weighted by molar-refractivity contribution is 5.84. The van der Waals surface area contributed by atoms with Crippen LogP contribution in [0.15, 0.2) is 24.4 Å². The third-order valence-electron chi connectivity index (χ3n) is 4.57. The summed E-state index contributed by atoms with van der Waals surface area (Å²) in [6.07, 6.45) is 4.19. The van der Waals surface area contributed by atoms with Crippen molar-refractivity contribution in [3.8, 4) is 0 Å². The minimum absolute atomic E-state index is 0.254. The first kappa shape index (κ1) is 17.0. The van der Waals surface area contributed by atoms with Crippen LogP contribution in [-0.4, -0.2) is 30.0 Å². The first-order valence-electron chi connectivity index (χ1n) is 8.25. The molecule has 3 nitrogen and oxygen atoms in total. The third-order valence-corrected chi connectivity index (χ3v) is 4.57. The highest BCUT2D eigenvalue weighted by Gasteiger charge is 2.14. The van der Waals surface area contributed by atoms with Crippen LogP contribution in [-0.2, 0) is 17.7 Å². The van der Waals surface area contributed by atoms with E-state index in [4.69, 9.17) is 4.74 Å². The molecular weight excluding hydrogens is 274 g/mol. The molecule has 1 heterocycles. The van der Waals surface area contributed by atoms with Crippen molar-refractivity contribution in [2.75, 3.05) is 20.3 Å². The molecule has 0 unspecified atom stereocenters. The lowest BCUT2D eigenvalue weighted by atomic mass is 9.90. The fourth-order valence-electron chi connectivity index (χ4n) is 3.03. The molecular formula is C19H29NO2. The van der Waals surface area contributed by atoms with Crippen LogP contribution >= 0.6 is 0 Å². The maximum atomic E-state index is 9.55. The molecule has 0 aliphatic heterocycles. The van der Waals surface area contributed by atoms with Crippen molar-refractivity contribution in [3.05, 3.63) is 35.5 Å². The van der Waals surface area contributed by atoms with Crippen LogP contribution in [0.4, 0.5) is 0 Å². The summed E-state index contributed by atoms with van der Waals surface area (Å²) in [5.74, 6) is 0.825. The van der Waals surface area contributed by atoms with Crippen molar-refractivity contribution < 1.29 is 9.84 Å². The fourth-order valence-corrected chi connectivity index (χ4v) is 3.03. The van der Waals surface area contributed by atoms with E-state index in [1.165, 1.54) is 22.0 Å². The number of methoxy groups -OCH3 is 1. The van der Waals surface area contributed by atoms with Gasteiger partial charge in [0.15, 0.2) is 0 Å². The van der Waals surface area contributed by atoms with Crippen LogP contribution in [0.3, 0.4) is 0 Å². The Kier molecular flexibility index (Phi) is 6.04. The van der Waals surface area contributed by atoms with Crippen LogP contribution in [0, 0.1) is 18.8 Å². The summed E-state index contributed by atoms with van der Waals surface area (Å²) in [6.45, 7) is 8.55. The summed E-state index contributed by atoms with van der Waals surface area (Å²) >= 11 is 0. The van der Waals surface area contributed by atoms with Crippen molar-refractivity contribution in [2.24, 2.45) is 11.8 Å². The smallest absolute Gasteiger partial charge is 0.0485 e. The number of benzene rings is 1. The predicted molar refractivity (Wildman–Crippen MR) is 92.3 cm³/mol. The number of ether oxygens (including phenoxy) is 1.